The van der Waals surface area contributed by atoms with E-state index in [1.54, 1.807) is 35.6 Å². The van der Waals surface area contributed by atoms with Gasteiger partial charge in [0.25, 0.3) is 5.91 Å². The highest BCUT2D eigenvalue weighted by atomic mass is 35.5. The van der Waals surface area contributed by atoms with Crippen molar-refractivity contribution in [3.05, 3.63) is 71.2 Å². The summed E-state index contributed by atoms with van der Waals surface area (Å²) in [5.41, 5.74) is 3.10. The van der Waals surface area contributed by atoms with Crippen LogP contribution < -0.4 is 15.0 Å². The Hall–Kier alpha value is -3.05. The highest BCUT2D eigenvalue weighted by Crippen LogP contribution is 2.34. The fraction of sp³-hybridized carbons (Fsp3) is 0.231. The first-order chi connectivity index (χ1) is 17.5. The Labute approximate surface area is 233 Å². The molecule has 1 N–H and O–H groups in total. The molecule has 0 unspecified atom stereocenters. The normalized spacial score (nSPS) is 11.4. The van der Waals surface area contributed by atoms with E-state index >= 15 is 0 Å². The zero-order valence-corrected chi connectivity index (χ0v) is 23.1. The number of thiazole rings is 1. The lowest BCUT2D eigenvalue weighted by Gasteiger charge is -2.18. The minimum Gasteiger partial charge on any atom is -0.406 e. The van der Waals surface area contributed by atoms with Crippen LogP contribution in [0.4, 0.5) is 24.0 Å². The van der Waals surface area contributed by atoms with Crippen LogP contribution >= 0.6 is 35.3 Å². The zero-order valence-electron chi connectivity index (χ0n) is 20.7. The summed E-state index contributed by atoms with van der Waals surface area (Å²) in [6.45, 7) is 1.76. The van der Waals surface area contributed by atoms with Crippen molar-refractivity contribution in [2.45, 2.75) is 6.36 Å². The number of carbonyl (C=O) groups is 1. The van der Waals surface area contributed by atoms with Crippen LogP contribution in [-0.2, 0) is 0 Å². The molecule has 0 radical (unpaired) electrons. The van der Waals surface area contributed by atoms with Gasteiger partial charge < -0.3 is 19.9 Å². The van der Waals surface area contributed by atoms with E-state index in [-0.39, 0.29) is 23.3 Å². The monoisotopic (exact) mass is 584 g/mol. The van der Waals surface area contributed by atoms with Crippen molar-refractivity contribution in [2.24, 2.45) is 0 Å². The molecular weight excluding hydrogens is 560 g/mol. The molecule has 0 saturated heterocycles. The molecule has 1 amide bonds. The van der Waals surface area contributed by atoms with Crippen molar-refractivity contribution in [3.63, 3.8) is 0 Å². The summed E-state index contributed by atoms with van der Waals surface area (Å²) in [5.74, 6) is -0.693. The third kappa shape index (κ3) is 7.50. The number of alkyl halides is 3. The van der Waals surface area contributed by atoms with Crippen LogP contribution in [0.25, 0.3) is 21.3 Å². The largest absolute Gasteiger partial charge is 0.573 e. The lowest BCUT2D eigenvalue weighted by atomic mass is 10.0. The van der Waals surface area contributed by atoms with Gasteiger partial charge in [-0.2, -0.15) is 0 Å². The molecule has 0 aliphatic rings. The summed E-state index contributed by atoms with van der Waals surface area (Å²) in [6, 6.07) is 15.9. The second-order valence-electron chi connectivity index (χ2n) is 8.62. The second kappa shape index (κ2) is 12.2. The number of hydrogen-bond acceptors (Lipinski definition) is 6. The van der Waals surface area contributed by atoms with E-state index in [1.807, 2.05) is 39.3 Å². The van der Waals surface area contributed by atoms with Crippen LogP contribution in [0.2, 0.25) is 5.02 Å². The molecule has 0 saturated carbocycles. The van der Waals surface area contributed by atoms with Crippen LogP contribution in [0.5, 0.6) is 5.75 Å². The SMILES string of the molecule is CN(C)CCN(C)c1nc2ccc(NC(=O)c3ccc(-c4ccc(OC(F)(F)F)cc4Cl)cc3)cc2s1.Cl. The predicted molar refractivity (Wildman–Crippen MR) is 150 cm³/mol. The molecule has 202 valence electrons. The zero-order chi connectivity index (χ0) is 26.7. The number of aromatic nitrogens is 1. The number of fused-ring (bicyclic) bond motifs is 1. The van der Waals surface area contributed by atoms with Crippen LogP contribution in [0.3, 0.4) is 0 Å². The van der Waals surface area contributed by atoms with E-state index in [1.165, 1.54) is 12.1 Å². The molecule has 0 atom stereocenters. The Morgan fingerprint density at radius 3 is 2.37 bits per heavy atom. The van der Waals surface area contributed by atoms with Gasteiger partial charge >= 0.3 is 6.36 Å². The number of carbonyl (C=O) groups excluding carboxylic acids is 1. The fourth-order valence-electron chi connectivity index (χ4n) is 3.53. The van der Waals surface area contributed by atoms with E-state index in [2.05, 4.69) is 24.8 Å². The summed E-state index contributed by atoms with van der Waals surface area (Å²) < 4.78 is 42.1. The molecule has 1 heterocycles. The van der Waals surface area contributed by atoms with Gasteiger partial charge in [-0.05, 0) is 68.2 Å². The van der Waals surface area contributed by atoms with E-state index < -0.39 is 12.1 Å². The molecule has 38 heavy (non-hydrogen) atoms. The van der Waals surface area contributed by atoms with E-state index in [0.29, 0.717) is 22.4 Å². The number of ether oxygens (including phenoxy) is 1. The Kier molecular flexibility index (Phi) is 9.48. The first kappa shape index (κ1) is 29.5. The third-order valence-electron chi connectivity index (χ3n) is 5.48. The Morgan fingerprint density at radius 1 is 1.03 bits per heavy atom. The van der Waals surface area contributed by atoms with E-state index in [9.17, 15) is 18.0 Å². The van der Waals surface area contributed by atoms with Gasteiger partial charge in [-0.1, -0.05) is 35.1 Å². The Bertz CT molecular complexity index is 1410. The smallest absolute Gasteiger partial charge is 0.406 e. The molecule has 0 spiro atoms. The molecule has 0 fully saturated rings. The van der Waals surface area contributed by atoms with Gasteiger partial charge in [0.2, 0.25) is 0 Å². The number of nitrogens with one attached hydrogen (secondary N) is 1. The first-order valence-corrected chi connectivity index (χ1v) is 12.4. The molecule has 4 rings (SSSR count). The third-order valence-corrected chi connectivity index (χ3v) is 6.92. The van der Waals surface area contributed by atoms with Gasteiger partial charge in [0.1, 0.15) is 5.75 Å². The van der Waals surface area contributed by atoms with Crippen molar-refractivity contribution < 1.29 is 22.7 Å². The minimum atomic E-state index is -4.80. The highest BCUT2D eigenvalue weighted by Gasteiger charge is 2.31. The maximum absolute atomic E-state index is 12.8. The number of benzene rings is 3. The van der Waals surface area contributed by atoms with Crippen LogP contribution in [0.1, 0.15) is 10.4 Å². The van der Waals surface area contributed by atoms with Gasteiger partial charge in [0.05, 0.1) is 15.2 Å². The van der Waals surface area contributed by atoms with Gasteiger partial charge in [-0.15, -0.1) is 25.6 Å². The molecule has 4 aromatic rings. The van der Waals surface area contributed by atoms with Crippen molar-refractivity contribution in [3.8, 4) is 16.9 Å². The molecule has 12 heteroatoms. The summed E-state index contributed by atoms with van der Waals surface area (Å²) in [5, 5.41) is 3.91. The summed E-state index contributed by atoms with van der Waals surface area (Å²) in [7, 11) is 6.06. The average molecular weight is 585 g/mol. The molecular formula is C26H25Cl2F3N4O2S. The average Bonchev–Trinajstić information content (AvgIpc) is 3.25. The van der Waals surface area contributed by atoms with E-state index in [0.717, 1.165) is 34.5 Å². The number of hydrogen-bond donors (Lipinski definition) is 1. The maximum Gasteiger partial charge on any atom is 0.573 e. The molecule has 3 aromatic carbocycles. The molecule has 0 aliphatic carbocycles. The number of anilines is 2. The van der Waals surface area contributed by atoms with Gasteiger partial charge in [0.15, 0.2) is 5.13 Å². The number of halogens is 5. The summed E-state index contributed by atoms with van der Waals surface area (Å²) in [4.78, 5) is 21.7. The topological polar surface area (TPSA) is 57.7 Å². The van der Waals surface area contributed by atoms with E-state index in [4.69, 9.17) is 11.6 Å². The van der Waals surface area contributed by atoms with Crippen LogP contribution in [0.15, 0.2) is 60.7 Å². The Morgan fingerprint density at radius 2 is 1.74 bits per heavy atom. The first-order valence-electron chi connectivity index (χ1n) is 11.2. The predicted octanol–water partition coefficient (Wildman–Crippen LogP) is 7.19. The maximum atomic E-state index is 12.8. The lowest BCUT2D eigenvalue weighted by Crippen LogP contribution is -2.28. The minimum absolute atomic E-state index is 0. The number of amides is 1. The highest BCUT2D eigenvalue weighted by molar-refractivity contribution is 7.22. The van der Waals surface area contributed by atoms with Crippen molar-refractivity contribution in [1.29, 1.82) is 0 Å². The summed E-state index contributed by atoms with van der Waals surface area (Å²) in [6.07, 6.45) is -4.80. The van der Waals surface area contributed by atoms with Crippen LogP contribution in [-0.4, -0.2) is 56.4 Å². The number of likely N-dealkylation sites (N-methyl/N-ethyl adjacent to an activating group) is 2. The fourth-order valence-corrected chi connectivity index (χ4v) is 4.80. The number of nitrogens with zero attached hydrogens (tertiary/aromatic N) is 3. The quantitative estimate of drug-likeness (QED) is 0.237. The molecule has 1 aromatic heterocycles. The molecule has 0 aliphatic heterocycles. The van der Waals surface area contributed by atoms with Crippen molar-refractivity contribution in [1.82, 2.24) is 9.88 Å². The van der Waals surface area contributed by atoms with Gasteiger partial charge in [-0.3, -0.25) is 4.79 Å². The standard InChI is InChI=1S/C26H24ClF3N4O2S.ClH/c1-33(2)12-13-34(3)25-32-22-11-8-18(14-23(22)37-25)31-24(35)17-6-4-16(5-7-17)20-10-9-19(15-21(20)27)36-26(28,29)30;/h4-11,14-15H,12-13H2,1-3H3,(H,31,35);1H. The summed E-state index contributed by atoms with van der Waals surface area (Å²) >= 11 is 7.73. The number of rotatable bonds is 8. The Balaban J connectivity index is 0.00000400. The molecule has 6 nitrogen and oxygen atoms in total. The van der Waals surface area contributed by atoms with Crippen molar-refractivity contribution in [2.75, 3.05) is 44.4 Å². The van der Waals surface area contributed by atoms with Gasteiger partial charge in [-0.25, -0.2) is 4.98 Å². The van der Waals surface area contributed by atoms with Crippen molar-refractivity contribution >= 4 is 62.3 Å². The molecule has 0 bridgehead atoms. The second-order valence-corrected chi connectivity index (χ2v) is 10.0. The van der Waals surface area contributed by atoms with Gasteiger partial charge in [0, 0.05) is 37.0 Å². The lowest BCUT2D eigenvalue weighted by molar-refractivity contribution is -0.274. The van der Waals surface area contributed by atoms with Crippen LogP contribution in [0, 0.1) is 0 Å².